The molecule has 0 radical (unpaired) electrons. The van der Waals surface area contributed by atoms with Gasteiger partial charge in [-0.05, 0) is 43.4 Å². The molecule has 0 amide bonds. The van der Waals surface area contributed by atoms with Gasteiger partial charge in [-0.2, -0.15) is 8.42 Å². The molecule has 31 heavy (non-hydrogen) atoms. The number of aliphatic imine (C=N–C) groups is 1. The second kappa shape index (κ2) is 7.28. The summed E-state index contributed by atoms with van der Waals surface area (Å²) >= 11 is 1.50. The average molecular weight is 465 g/mol. The minimum atomic E-state index is -3.55. The summed E-state index contributed by atoms with van der Waals surface area (Å²) in [5, 5.41) is 9.10. The van der Waals surface area contributed by atoms with Gasteiger partial charge in [0.15, 0.2) is 5.82 Å². The van der Waals surface area contributed by atoms with Gasteiger partial charge in [0.25, 0.3) is 10.1 Å². The fraction of sp³-hybridized carbons (Fsp3) is 0.350. The van der Waals surface area contributed by atoms with Gasteiger partial charge in [0.2, 0.25) is 0 Å². The lowest BCUT2D eigenvalue weighted by molar-refractivity contribution is 0.262. The van der Waals surface area contributed by atoms with Crippen LogP contribution in [0, 0.1) is 24.5 Å². The summed E-state index contributed by atoms with van der Waals surface area (Å²) in [5.41, 5.74) is 1.66. The minimum Gasteiger partial charge on any atom is -0.276 e. The number of aromatic nitrogens is 3. The Labute approximate surface area is 181 Å². The first kappa shape index (κ1) is 20.4. The molecule has 1 atom stereocenters. The van der Waals surface area contributed by atoms with Crippen LogP contribution in [0.1, 0.15) is 33.2 Å². The lowest BCUT2D eigenvalue weighted by Crippen LogP contribution is -2.15. The van der Waals surface area contributed by atoms with Crippen molar-refractivity contribution in [2.24, 2.45) is 10.9 Å². The first-order valence-corrected chi connectivity index (χ1v) is 12.3. The van der Waals surface area contributed by atoms with Crippen molar-refractivity contribution in [3.63, 3.8) is 0 Å². The summed E-state index contributed by atoms with van der Waals surface area (Å²) in [6.45, 7) is 2.02. The Hall–Kier alpha value is -2.50. The number of fused-ring (bicyclic) bond motifs is 5. The van der Waals surface area contributed by atoms with Crippen LogP contribution in [0.3, 0.4) is 0 Å². The van der Waals surface area contributed by atoms with Crippen molar-refractivity contribution in [1.82, 2.24) is 14.8 Å². The van der Waals surface area contributed by atoms with Gasteiger partial charge in [-0.1, -0.05) is 6.07 Å². The molecule has 1 aromatic carbocycles. The Bertz CT molecular complexity index is 1320. The predicted octanol–water partition coefficient (Wildman–Crippen LogP) is 2.96. The molecule has 5 rings (SSSR count). The molecule has 11 heteroatoms. The van der Waals surface area contributed by atoms with Crippen molar-refractivity contribution >= 4 is 27.2 Å². The largest absolute Gasteiger partial charge is 0.276 e. The number of rotatable bonds is 4. The fourth-order valence-corrected chi connectivity index (χ4v) is 6.12. The summed E-state index contributed by atoms with van der Waals surface area (Å²) in [6.07, 6.45) is 2.17. The molecule has 7 nitrogen and oxygen atoms in total. The topological polar surface area (TPSA) is 86.4 Å². The molecule has 3 heterocycles. The normalized spacial score (nSPS) is 17.7. The van der Waals surface area contributed by atoms with Crippen LogP contribution in [0.2, 0.25) is 0 Å². The van der Waals surface area contributed by atoms with Crippen molar-refractivity contribution in [3.8, 4) is 5.00 Å². The Balaban J connectivity index is 1.66. The zero-order valence-electron chi connectivity index (χ0n) is 16.7. The van der Waals surface area contributed by atoms with Gasteiger partial charge in [0.05, 0.1) is 24.1 Å². The van der Waals surface area contributed by atoms with Crippen LogP contribution in [-0.2, 0) is 33.7 Å². The summed E-state index contributed by atoms with van der Waals surface area (Å²) in [7, 11) is -3.55. The number of hydrogen-bond acceptors (Lipinski definition) is 7. The van der Waals surface area contributed by atoms with E-state index in [-0.39, 0.29) is 30.3 Å². The molecular formula is C20H18F2N4O3S2. The highest BCUT2D eigenvalue weighted by Gasteiger charge is 2.35. The monoisotopic (exact) mass is 464 g/mol. The molecule has 1 unspecified atom stereocenters. The Kier molecular flexibility index (Phi) is 4.79. The van der Waals surface area contributed by atoms with E-state index in [1.165, 1.54) is 29.5 Å². The quantitative estimate of drug-likeness (QED) is 0.554. The summed E-state index contributed by atoms with van der Waals surface area (Å²) < 4.78 is 59.2. The number of halogens is 2. The third-order valence-electron chi connectivity index (χ3n) is 5.47. The van der Waals surface area contributed by atoms with Crippen molar-refractivity contribution in [1.29, 1.82) is 0 Å². The van der Waals surface area contributed by atoms with Crippen LogP contribution in [0.4, 0.5) is 8.78 Å². The van der Waals surface area contributed by atoms with E-state index in [4.69, 9.17) is 4.18 Å². The highest BCUT2D eigenvalue weighted by molar-refractivity contribution is 7.85. The number of hydrogen-bond donors (Lipinski definition) is 0. The second-order valence-electron chi connectivity index (χ2n) is 7.71. The minimum absolute atomic E-state index is 0.0438. The van der Waals surface area contributed by atoms with Crippen molar-refractivity contribution in [3.05, 3.63) is 63.0 Å². The molecule has 0 fully saturated rings. The Morgan fingerprint density at radius 3 is 2.65 bits per heavy atom. The first-order chi connectivity index (χ1) is 14.7. The van der Waals surface area contributed by atoms with Crippen LogP contribution in [0.5, 0.6) is 0 Å². The Morgan fingerprint density at radius 2 is 1.94 bits per heavy atom. The molecule has 1 aliphatic carbocycles. The van der Waals surface area contributed by atoms with Crippen LogP contribution < -0.4 is 0 Å². The van der Waals surface area contributed by atoms with Gasteiger partial charge in [-0.25, -0.2) is 8.78 Å². The third kappa shape index (κ3) is 3.50. The number of nitrogens with zero attached hydrogens (tertiary/aromatic N) is 4. The zero-order chi connectivity index (χ0) is 21.9. The smallest absolute Gasteiger partial charge is 0.264 e. The number of aryl methyl sites for hydroxylation is 1. The lowest BCUT2D eigenvalue weighted by atomic mass is 9.97. The van der Waals surface area contributed by atoms with Crippen LogP contribution >= 0.6 is 11.3 Å². The summed E-state index contributed by atoms with van der Waals surface area (Å²) in [6, 6.07) is 3.75. The van der Waals surface area contributed by atoms with E-state index in [0.29, 0.717) is 30.1 Å². The van der Waals surface area contributed by atoms with Gasteiger partial charge in [-0.3, -0.25) is 13.7 Å². The van der Waals surface area contributed by atoms with Crippen molar-refractivity contribution in [2.45, 2.75) is 26.3 Å². The zero-order valence-corrected chi connectivity index (χ0v) is 18.4. The van der Waals surface area contributed by atoms with E-state index in [1.54, 1.807) is 0 Å². The van der Waals surface area contributed by atoms with Crippen LogP contribution in [0.15, 0.2) is 23.2 Å². The van der Waals surface area contributed by atoms with Crippen LogP contribution in [-0.4, -0.2) is 41.8 Å². The molecule has 3 aromatic rings. The van der Waals surface area contributed by atoms with E-state index in [1.807, 2.05) is 11.5 Å². The number of thiophene rings is 1. The van der Waals surface area contributed by atoms with E-state index < -0.39 is 21.8 Å². The molecular weight excluding hydrogens is 446 g/mol. The van der Waals surface area contributed by atoms with E-state index in [0.717, 1.165) is 21.7 Å². The third-order valence-corrected chi connectivity index (χ3v) is 7.27. The van der Waals surface area contributed by atoms with Gasteiger partial charge >= 0.3 is 0 Å². The van der Waals surface area contributed by atoms with E-state index >= 15 is 0 Å². The molecule has 0 saturated carbocycles. The fourth-order valence-electron chi connectivity index (χ4n) is 4.17. The maximum atomic E-state index is 14.7. The highest BCUT2D eigenvalue weighted by atomic mass is 32.2. The predicted molar refractivity (Wildman–Crippen MR) is 111 cm³/mol. The van der Waals surface area contributed by atoms with Gasteiger partial charge < -0.3 is 0 Å². The maximum absolute atomic E-state index is 14.7. The molecule has 1 aliphatic heterocycles. The summed E-state index contributed by atoms with van der Waals surface area (Å²) in [4.78, 5) is 5.59. The molecule has 0 spiro atoms. The first-order valence-electron chi connectivity index (χ1n) is 9.62. The molecule has 0 bridgehead atoms. The average Bonchev–Trinajstić information content (AvgIpc) is 3.31. The van der Waals surface area contributed by atoms with Gasteiger partial charge in [0.1, 0.15) is 29.0 Å². The van der Waals surface area contributed by atoms with E-state index in [9.17, 15) is 17.2 Å². The van der Waals surface area contributed by atoms with Crippen molar-refractivity contribution < 1.29 is 21.4 Å². The molecule has 0 N–H and O–H groups in total. The molecule has 2 aliphatic rings. The SMILES string of the molecule is Cc1nnc2n1-c1sc3c(c1C(c1c(F)cccc1F)=NC2)CC(COS(C)(=O)=O)C3. The van der Waals surface area contributed by atoms with Crippen molar-refractivity contribution in [2.75, 3.05) is 12.9 Å². The standard InChI is InChI=1S/C20H18F2N4O3S2/c1-10-24-25-16-8-23-19(18-13(21)4-3-5-14(18)22)17-12-6-11(9-29-31(2,27)28)7-15(12)30-20(17)26(10)16/h3-5,11H,6-9H2,1-2H3. The molecule has 162 valence electrons. The highest BCUT2D eigenvalue weighted by Crippen LogP contribution is 2.43. The van der Waals surface area contributed by atoms with Gasteiger partial charge in [0, 0.05) is 10.4 Å². The Morgan fingerprint density at radius 1 is 1.19 bits per heavy atom. The lowest BCUT2D eigenvalue weighted by Gasteiger charge is -2.13. The summed E-state index contributed by atoms with van der Waals surface area (Å²) in [5.74, 6) is -0.151. The molecule has 2 aromatic heterocycles. The maximum Gasteiger partial charge on any atom is 0.264 e. The number of benzene rings is 1. The van der Waals surface area contributed by atoms with Crippen LogP contribution in [0.25, 0.3) is 5.00 Å². The molecule has 0 saturated heterocycles. The van der Waals surface area contributed by atoms with E-state index in [2.05, 4.69) is 15.2 Å². The second-order valence-corrected chi connectivity index (χ2v) is 10.4. The van der Waals surface area contributed by atoms with Gasteiger partial charge in [-0.15, -0.1) is 21.5 Å².